The van der Waals surface area contributed by atoms with Crippen molar-refractivity contribution in [1.29, 1.82) is 0 Å². The first kappa shape index (κ1) is 20.5. The molecule has 0 spiro atoms. The molecule has 0 aromatic heterocycles. The molecule has 1 aromatic carbocycles. The second kappa shape index (κ2) is 10.4. The van der Waals surface area contributed by atoms with Gasteiger partial charge in [-0.25, -0.2) is 9.98 Å². The number of hydrogen-bond acceptors (Lipinski definition) is 10. The molecule has 1 aliphatic rings. The van der Waals surface area contributed by atoms with Gasteiger partial charge in [0.25, 0.3) is 0 Å². The van der Waals surface area contributed by atoms with Crippen LogP contribution in [-0.2, 0) is 23.6 Å². The van der Waals surface area contributed by atoms with E-state index < -0.39 is 36.7 Å². The van der Waals surface area contributed by atoms with Crippen molar-refractivity contribution in [3.63, 3.8) is 0 Å². The highest BCUT2D eigenvalue weighted by Gasteiger charge is 2.49. The van der Waals surface area contributed by atoms with Crippen molar-refractivity contribution in [3.8, 4) is 0 Å². The fourth-order valence-electron chi connectivity index (χ4n) is 2.77. The van der Waals surface area contributed by atoms with Crippen molar-refractivity contribution in [2.45, 2.75) is 43.7 Å². The zero-order valence-electron chi connectivity index (χ0n) is 13.8. The summed E-state index contributed by atoms with van der Waals surface area (Å²) in [5.74, 6) is 0. The number of methoxy groups -OCH3 is 1. The van der Waals surface area contributed by atoms with Gasteiger partial charge in [-0.2, -0.15) is 0 Å². The zero-order chi connectivity index (χ0) is 18.2. The van der Waals surface area contributed by atoms with Crippen LogP contribution in [-0.4, -0.2) is 59.8 Å². The Morgan fingerprint density at radius 1 is 1.32 bits per heavy atom. The molecule has 0 bridgehead atoms. The van der Waals surface area contributed by atoms with Gasteiger partial charge in [0.1, 0.15) is 36.6 Å². The number of hydrogen-bond donors (Lipinski definition) is 4. The van der Waals surface area contributed by atoms with E-state index in [-0.39, 0.29) is 0 Å². The monoisotopic (exact) mass is 377 g/mol. The quantitative estimate of drug-likeness (QED) is 0.162. The third-order valence-electron chi connectivity index (χ3n) is 3.91. The molecule has 0 amide bonds. The number of aliphatic hydroxyl groups excluding tert-OH is 2. The van der Waals surface area contributed by atoms with Gasteiger partial charge in [-0.1, -0.05) is 35.4 Å². The minimum atomic E-state index is -1.16. The van der Waals surface area contributed by atoms with Crippen LogP contribution in [0.4, 0.5) is 0 Å². The Labute approximate surface area is 150 Å². The maximum atomic E-state index is 10.7. The third kappa shape index (κ3) is 5.11. The summed E-state index contributed by atoms with van der Waals surface area (Å²) < 4.78 is 23.8. The molecule has 10 heteroatoms. The van der Waals surface area contributed by atoms with Gasteiger partial charge in [-0.05, 0) is 12.5 Å². The van der Waals surface area contributed by atoms with Crippen LogP contribution in [0, 0.1) is 0 Å². The molecular weight excluding hydrogens is 354 g/mol. The molecule has 0 saturated carbocycles. The number of aliphatic hydroxyl groups is 2. The van der Waals surface area contributed by atoms with Crippen LogP contribution in [0.15, 0.2) is 30.3 Å². The normalized spacial score (nSPS) is 31.0. The summed E-state index contributed by atoms with van der Waals surface area (Å²) in [6, 6.07) is 8.12. The van der Waals surface area contributed by atoms with E-state index in [1.807, 2.05) is 6.07 Å². The molecule has 0 aliphatic carbocycles. The van der Waals surface area contributed by atoms with Crippen molar-refractivity contribution in [1.82, 2.24) is 4.72 Å². The van der Waals surface area contributed by atoms with Gasteiger partial charge < -0.3 is 24.4 Å². The first-order valence-corrected chi connectivity index (χ1v) is 8.48. The number of ether oxygens (including phenoxy) is 3. The first-order valence-electron chi connectivity index (χ1n) is 7.74. The molecule has 0 radical (unpaired) electrons. The second-order valence-corrected chi connectivity index (χ2v) is 5.88. The Bertz CT molecular complexity index is 496. The van der Waals surface area contributed by atoms with Crippen molar-refractivity contribution in [2.24, 2.45) is 0 Å². The lowest BCUT2D eigenvalue weighted by Gasteiger charge is -2.45. The van der Waals surface area contributed by atoms with E-state index in [1.165, 1.54) is 7.11 Å². The molecule has 1 saturated heterocycles. The summed E-state index contributed by atoms with van der Waals surface area (Å²) >= 11 is 0.560. The van der Waals surface area contributed by atoms with Crippen LogP contribution < -0.4 is 4.72 Å². The molecule has 1 aliphatic heterocycles. The minimum Gasteiger partial charge on any atom is -0.389 e. The lowest BCUT2D eigenvalue weighted by molar-refractivity contribution is -0.432. The molecule has 142 valence electrons. The molecule has 2 rings (SSSR count). The van der Waals surface area contributed by atoms with Gasteiger partial charge in [0.15, 0.2) is 6.29 Å². The molecule has 6 unspecified atom stereocenters. The molecule has 25 heavy (non-hydrogen) atoms. The average Bonchev–Trinajstić information content (AvgIpc) is 2.64. The maximum Gasteiger partial charge on any atom is 0.185 e. The fourth-order valence-corrected chi connectivity index (χ4v) is 3.23. The van der Waals surface area contributed by atoms with Crippen LogP contribution >= 0.6 is 12.2 Å². The molecule has 1 aromatic rings. The Morgan fingerprint density at radius 3 is 2.64 bits per heavy atom. The van der Waals surface area contributed by atoms with Gasteiger partial charge in [0, 0.05) is 13.7 Å². The summed E-state index contributed by atoms with van der Waals surface area (Å²) in [5.41, 5.74) is 0.595. The van der Waals surface area contributed by atoms with E-state index in [0.717, 1.165) is 0 Å². The van der Waals surface area contributed by atoms with E-state index in [2.05, 4.69) is 14.1 Å². The molecule has 1 fully saturated rings. The Morgan fingerprint density at radius 2 is 2.04 bits per heavy atom. The second-order valence-electron chi connectivity index (χ2n) is 5.34. The topological polar surface area (TPSA) is 119 Å². The predicted molar refractivity (Wildman–Crippen MR) is 87.8 cm³/mol. The standard InChI is InChI=1S/C15H23NO8S/c1-3-21-13-10(16-25-24-23-19)12(18)14(22-15(13)20-2)11(17)9-7-5-4-6-8-9/h4-8,10-19H,3H2,1-2H3. The SMILES string of the molecule is CCOC1C(OC)OC(C(O)c2ccccc2)C(O)C1NSOOO. The van der Waals surface area contributed by atoms with Gasteiger partial charge in [-0.3, -0.25) is 0 Å². The van der Waals surface area contributed by atoms with Crippen LogP contribution in [0.2, 0.25) is 0 Å². The summed E-state index contributed by atoms with van der Waals surface area (Å²) in [5, 5.41) is 33.1. The van der Waals surface area contributed by atoms with E-state index in [9.17, 15) is 10.2 Å². The van der Waals surface area contributed by atoms with Crippen molar-refractivity contribution in [3.05, 3.63) is 35.9 Å². The number of nitrogens with one attached hydrogen (secondary N) is 1. The maximum absolute atomic E-state index is 10.7. The molecular formula is C15H23NO8S. The number of benzene rings is 1. The van der Waals surface area contributed by atoms with E-state index >= 15 is 0 Å². The van der Waals surface area contributed by atoms with Crippen LogP contribution in [0.25, 0.3) is 0 Å². The third-order valence-corrected chi connectivity index (χ3v) is 4.41. The van der Waals surface area contributed by atoms with Crippen LogP contribution in [0.3, 0.4) is 0 Å². The zero-order valence-corrected chi connectivity index (χ0v) is 14.7. The minimum absolute atomic E-state index is 0.354. The lowest BCUT2D eigenvalue weighted by Crippen LogP contribution is -2.64. The highest BCUT2D eigenvalue weighted by molar-refractivity contribution is 7.92. The first-order chi connectivity index (χ1) is 12.1. The van der Waals surface area contributed by atoms with E-state index in [0.29, 0.717) is 24.4 Å². The summed E-state index contributed by atoms with van der Waals surface area (Å²) in [6.45, 7) is 2.15. The Balaban J connectivity index is 2.20. The van der Waals surface area contributed by atoms with Crippen LogP contribution in [0.5, 0.6) is 0 Å². The molecule has 9 nitrogen and oxygen atoms in total. The van der Waals surface area contributed by atoms with Gasteiger partial charge in [0.2, 0.25) is 0 Å². The highest BCUT2D eigenvalue weighted by Crippen LogP contribution is 2.32. The smallest absolute Gasteiger partial charge is 0.185 e. The summed E-state index contributed by atoms with van der Waals surface area (Å²) in [6.07, 6.45) is -4.73. The van der Waals surface area contributed by atoms with Crippen LogP contribution in [0.1, 0.15) is 18.6 Å². The van der Waals surface area contributed by atoms with Crippen molar-refractivity contribution in [2.75, 3.05) is 13.7 Å². The van der Waals surface area contributed by atoms with Gasteiger partial charge in [0.05, 0.1) is 6.04 Å². The van der Waals surface area contributed by atoms with Gasteiger partial charge >= 0.3 is 0 Å². The predicted octanol–water partition coefficient (Wildman–Crippen LogP) is 0.800. The lowest BCUT2D eigenvalue weighted by atomic mass is 9.90. The van der Waals surface area contributed by atoms with Crippen molar-refractivity contribution < 1.29 is 39.1 Å². The summed E-state index contributed by atoms with van der Waals surface area (Å²) in [7, 11) is 1.44. The van der Waals surface area contributed by atoms with E-state index in [1.54, 1.807) is 31.2 Å². The highest BCUT2D eigenvalue weighted by atomic mass is 32.2. The molecule has 1 heterocycles. The number of rotatable bonds is 9. The Kier molecular flexibility index (Phi) is 8.52. The molecule has 6 atom stereocenters. The Hall–Kier alpha value is -0.790. The fraction of sp³-hybridized carbons (Fsp3) is 0.600. The summed E-state index contributed by atoms with van der Waals surface area (Å²) in [4.78, 5) is 0. The van der Waals surface area contributed by atoms with Gasteiger partial charge in [-0.15, -0.1) is 4.33 Å². The average molecular weight is 377 g/mol. The largest absolute Gasteiger partial charge is 0.389 e. The van der Waals surface area contributed by atoms with E-state index in [4.69, 9.17) is 19.5 Å². The van der Waals surface area contributed by atoms with Crippen molar-refractivity contribution >= 4 is 12.2 Å². The molecule has 4 N–H and O–H groups in total.